The molecule has 0 atom stereocenters. The maximum absolute atomic E-state index is 13.4. The van der Waals surface area contributed by atoms with E-state index < -0.39 is 0 Å². The molecule has 0 aliphatic carbocycles. The Kier molecular flexibility index (Phi) is 3.66. The smallest absolute Gasteiger partial charge is 0.193 e. The molecule has 0 amide bonds. The lowest BCUT2D eigenvalue weighted by Gasteiger charge is -2.10. The number of aliphatic imine (C=N–C) groups is 1. The van der Waals surface area contributed by atoms with E-state index in [1.807, 2.05) is 26.8 Å². The average Bonchev–Trinajstić information content (AvgIpc) is 2.10. The minimum atomic E-state index is -0.322. The third kappa shape index (κ3) is 3.23. The van der Waals surface area contributed by atoms with Crippen LogP contribution >= 0.6 is 0 Å². The van der Waals surface area contributed by atoms with Gasteiger partial charge in [0.1, 0.15) is 5.82 Å². The van der Waals surface area contributed by atoms with Crippen molar-refractivity contribution in [2.24, 2.45) is 10.7 Å². The van der Waals surface area contributed by atoms with Crippen molar-refractivity contribution in [3.8, 4) is 0 Å². The van der Waals surface area contributed by atoms with Crippen LogP contribution < -0.4 is 11.1 Å². The Hall–Kier alpha value is -1.58. The Labute approximate surface area is 89.2 Å². The Morgan fingerprint density at radius 1 is 1.47 bits per heavy atom. The van der Waals surface area contributed by atoms with E-state index in [-0.39, 0.29) is 17.8 Å². The van der Waals surface area contributed by atoms with Gasteiger partial charge in [-0.15, -0.1) is 0 Å². The largest absolute Gasteiger partial charge is 0.370 e. The highest BCUT2D eigenvalue weighted by atomic mass is 19.1. The van der Waals surface area contributed by atoms with Crippen molar-refractivity contribution in [2.45, 2.75) is 26.8 Å². The molecule has 0 bridgehead atoms. The van der Waals surface area contributed by atoms with Crippen LogP contribution in [0.2, 0.25) is 0 Å². The lowest BCUT2D eigenvalue weighted by molar-refractivity contribution is 0.631. The van der Waals surface area contributed by atoms with Gasteiger partial charge in [-0.2, -0.15) is 0 Å². The fourth-order valence-corrected chi connectivity index (χ4v) is 1.23. The number of nitrogens with zero attached hydrogens (tertiary/aromatic N) is 1. The molecule has 15 heavy (non-hydrogen) atoms. The number of hydrogen-bond acceptors (Lipinski definition) is 1. The van der Waals surface area contributed by atoms with Gasteiger partial charge < -0.3 is 11.1 Å². The molecule has 0 aliphatic heterocycles. The summed E-state index contributed by atoms with van der Waals surface area (Å²) in [7, 11) is 0. The molecule has 0 spiro atoms. The second-order valence-corrected chi connectivity index (χ2v) is 3.66. The number of nitrogens with two attached hydrogens (primary N) is 1. The van der Waals surface area contributed by atoms with Crippen LogP contribution in [0.3, 0.4) is 0 Å². The van der Waals surface area contributed by atoms with Gasteiger partial charge in [-0.3, -0.25) is 4.99 Å². The van der Waals surface area contributed by atoms with Crippen LogP contribution in [-0.2, 0) is 0 Å². The van der Waals surface area contributed by atoms with Crippen molar-refractivity contribution in [3.05, 3.63) is 29.6 Å². The van der Waals surface area contributed by atoms with Gasteiger partial charge in [0.2, 0.25) is 0 Å². The number of hydrogen-bond donors (Lipinski definition) is 2. The fraction of sp³-hybridized carbons (Fsp3) is 0.364. The number of para-hydroxylation sites is 1. The summed E-state index contributed by atoms with van der Waals surface area (Å²) in [4.78, 5) is 4.07. The van der Waals surface area contributed by atoms with Crippen molar-refractivity contribution < 1.29 is 4.39 Å². The Balaban J connectivity index is 2.90. The van der Waals surface area contributed by atoms with Crippen molar-refractivity contribution in [1.29, 1.82) is 0 Å². The average molecular weight is 209 g/mol. The molecule has 1 aromatic rings. The first-order chi connectivity index (χ1) is 7.00. The summed E-state index contributed by atoms with van der Waals surface area (Å²) in [5.74, 6) is -0.0879. The third-order valence-electron chi connectivity index (χ3n) is 1.87. The molecule has 0 heterocycles. The highest BCUT2D eigenvalue weighted by Crippen LogP contribution is 2.18. The molecule has 0 saturated carbocycles. The summed E-state index contributed by atoms with van der Waals surface area (Å²) < 4.78 is 13.4. The molecule has 0 aliphatic rings. The Bertz CT molecular complexity index is 352. The lowest BCUT2D eigenvalue weighted by Crippen LogP contribution is -2.25. The number of nitrogens with one attached hydrogen (secondary N) is 1. The summed E-state index contributed by atoms with van der Waals surface area (Å²) >= 11 is 0. The predicted molar refractivity (Wildman–Crippen MR) is 61.5 cm³/mol. The summed E-state index contributed by atoms with van der Waals surface area (Å²) in [6.07, 6.45) is 0. The minimum Gasteiger partial charge on any atom is -0.370 e. The normalized spacial score (nSPS) is 11.9. The van der Waals surface area contributed by atoms with Crippen molar-refractivity contribution in [1.82, 2.24) is 0 Å². The van der Waals surface area contributed by atoms with Crippen molar-refractivity contribution in [3.63, 3.8) is 0 Å². The first kappa shape index (κ1) is 11.5. The molecule has 0 unspecified atom stereocenters. The molecule has 3 nitrogen and oxygen atoms in total. The monoisotopic (exact) mass is 209 g/mol. The topological polar surface area (TPSA) is 50.4 Å². The van der Waals surface area contributed by atoms with Crippen LogP contribution in [0, 0.1) is 12.7 Å². The van der Waals surface area contributed by atoms with Gasteiger partial charge in [-0.1, -0.05) is 12.1 Å². The number of aryl methyl sites for hydroxylation is 1. The summed E-state index contributed by atoms with van der Waals surface area (Å²) in [6, 6.07) is 4.95. The maximum atomic E-state index is 13.4. The molecule has 0 saturated heterocycles. The van der Waals surface area contributed by atoms with Gasteiger partial charge in [0.05, 0.1) is 5.69 Å². The summed E-state index contributed by atoms with van der Waals surface area (Å²) in [6.45, 7) is 5.62. The first-order valence-corrected chi connectivity index (χ1v) is 4.86. The van der Waals surface area contributed by atoms with Gasteiger partial charge in [0.15, 0.2) is 5.96 Å². The number of guanidine groups is 1. The standard InChI is InChI=1S/C11H16FN3/c1-7(2)14-11(13)15-10-8(3)5-4-6-9(10)12/h4-7H,1-3H3,(H3,13,14,15). The zero-order valence-corrected chi connectivity index (χ0v) is 9.21. The summed E-state index contributed by atoms with van der Waals surface area (Å²) in [5.41, 5.74) is 6.81. The van der Waals surface area contributed by atoms with Crippen LogP contribution in [0.25, 0.3) is 0 Å². The van der Waals surface area contributed by atoms with Crippen LogP contribution in [0.5, 0.6) is 0 Å². The van der Waals surface area contributed by atoms with Gasteiger partial charge in [-0.25, -0.2) is 4.39 Å². The Morgan fingerprint density at radius 3 is 2.67 bits per heavy atom. The quantitative estimate of drug-likeness (QED) is 0.580. The van der Waals surface area contributed by atoms with E-state index in [1.165, 1.54) is 6.07 Å². The van der Waals surface area contributed by atoms with E-state index in [9.17, 15) is 4.39 Å². The van der Waals surface area contributed by atoms with E-state index in [2.05, 4.69) is 10.3 Å². The van der Waals surface area contributed by atoms with Crippen LogP contribution in [0.15, 0.2) is 23.2 Å². The van der Waals surface area contributed by atoms with E-state index in [1.54, 1.807) is 6.07 Å². The molecule has 0 aromatic heterocycles. The van der Waals surface area contributed by atoms with Gasteiger partial charge in [0.25, 0.3) is 0 Å². The third-order valence-corrected chi connectivity index (χ3v) is 1.87. The van der Waals surface area contributed by atoms with Crippen LogP contribution in [-0.4, -0.2) is 12.0 Å². The Morgan fingerprint density at radius 2 is 2.13 bits per heavy atom. The fourth-order valence-electron chi connectivity index (χ4n) is 1.23. The second-order valence-electron chi connectivity index (χ2n) is 3.66. The van der Waals surface area contributed by atoms with E-state index in [0.717, 1.165) is 5.56 Å². The molecule has 4 heteroatoms. The molecule has 0 fully saturated rings. The molecule has 82 valence electrons. The van der Waals surface area contributed by atoms with Crippen LogP contribution in [0.4, 0.5) is 10.1 Å². The number of benzene rings is 1. The lowest BCUT2D eigenvalue weighted by atomic mass is 10.2. The van der Waals surface area contributed by atoms with Crippen molar-refractivity contribution in [2.75, 3.05) is 5.32 Å². The predicted octanol–water partition coefficient (Wildman–Crippen LogP) is 2.27. The van der Waals surface area contributed by atoms with E-state index >= 15 is 0 Å². The van der Waals surface area contributed by atoms with Gasteiger partial charge >= 0.3 is 0 Å². The van der Waals surface area contributed by atoms with Crippen molar-refractivity contribution >= 4 is 11.6 Å². The maximum Gasteiger partial charge on any atom is 0.193 e. The molecular formula is C11H16FN3. The van der Waals surface area contributed by atoms with Crippen LogP contribution in [0.1, 0.15) is 19.4 Å². The number of rotatable bonds is 2. The molecular weight excluding hydrogens is 193 g/mol. The number of anilines is 1. The first-order valence-electron chi connectivity index (χ1n) is 4.86. The highest BCUT2D eigenvalue weighted by Gasteiger charge is 2.05. The van der Waals surface area contributed by atoms with E-state index in [0.29, 0.717) is 5.69 Å². The second kappa shape index (κ2) is 4.77. The molecule has 1 aromatic carbocycles. The zero-order chi connectivity index (χ0) is 11.4. The molecule has 0 radical (unpaired) electrons. The SMILES string of the molecule is Cc1cccc(F)c1NC(N)=NC(C)C. The van der Waals surface area contributed by atoms with Gasteiger partial charge in [0, 0.05) is 6.04 Å². The minimum absolute atomic E-state index is 0.0876. The number of halogens is 1. The molecule has 3 N–H and O–H groups in total. The molecule has 1 rings (SSSR count). The highest BCUT2D eigenvalue weighted by molar-refractivity contribution is 5.93. The zero-order valence-electron chi connectivity index (χ0n) is 9.21. The summed E-state index contributed by atoms with van der Waals surface area (Å²) in [5, 5.41) is 2.76. The van der Waals surface area contributed by atoms with E-state index in [4.69, 9.17) is 5.73 Å². The van der Waals surface area contributed by atoms with Gasteiger partial charge in [-0.05, 0) is 32.4 Å².